The lowest BCUT2D eigenvalue weighted by atomic mass is 9.95. The van der Waals surface area contributed by atoms with Crippen molar-refractivity contribution in [2.75, 3.05) is 0 Å². The third kappa shape index (κ3) is 3.06. The van der Waals surface area contributed by atoms with Crippen LogP contribution in [0.4, 0.5) is 4.39 Å². The molecule has 17 heavy (non-hydrogen) atoms. The monoisotopic (exact) mass is 254 g/mol. The topological polar surface area (TPSA) is 17.1 Å². The van der Waals surface area contributed by atoms with E-state index in [-0.39, 0.29) is 23.9 Å². The molecule has 0 heterocycles. The molecule has 1 aromatic rings. The first-order valence-corrected chi connectivity index (χ1v) is 6.40. The van der Waals surface area contributed by atoms with E-state index in [2.05, 4.69) is 6.92 Å². The maximum absolute atomic E-state index is 13.5. The molecule has 1 saturated carbocycles. The largest absolute Gasteiger partial charge is 0.299 e. The molecule has 1 aromatic carbocycles. The summed E-state index contributed by atoms with van der Waals surface area (Å²) in [4.78, 5) is 12.0. The maximum Gasteiger partial charge on any atom is 0.140 e. The Labute approximate surface area is 106 Å². The van der Waals surface area contributed by atoms with Gasteiger partial charge in [0.05, 0.1) is 0 Å². The minimum atomic E-state index is -0.339. The number of ketones is 1. The van der Waals surface area contributed by atoms with Gasteiger partial charge in [-0.25, -0.2) is 4.39 Å². The Kier molecular flexibility index (Phi) is 3.82. The van der Waals surface area contributed by atoms with Gasteiger partial charge in [0.25, 0.3) is 0 Å². The molecule has 1 aliphatic carbocycles. The normalized spacial score (nSPS) is 23.9. The van der Waals surface area contributed by atoms with Gasteiger partial charge in [-0.2, -0.15) is 0 Å². The molecule has 2 rings (SSSR count). The fraction of sp³-hybridized carbons (Fsp3) is 0.500. The third-order valence-corrected chi connectivity index (χ3v) is 3.76. The minimum absolute atomic E-state index is 0.114. The number of hydrogen-bond donors (Lipinski definition) is 0. The summed E-state index contributed by atoms with van der Waals surface area (Å²) < 4.78 is 13.5. The van der Waals surface area contributed by atoms with Crippen LogP contribution >= 0.6 is 11.6 Å². The molecule has 0 saturated heterocycles. The van der Waals surface area contributed by atoms with Crippen molar-refractivity contribution < 1.29 is 9.18 Å². The van der Waals surface area contributed by atoms with Crippen molar-refractivity contribution in [1.29, 1.82) is 0 Å². The molecular formula is C14H16ClFO. The number of halogens is 2. The molecule has 0 bridgehead atoms. The van der Waals surface area contributed by atoms with E-state index in [0.29, 0.717) is 16.5 Å². The Morgan fingerprint density at radius 1 is 1.47 bits per heavy atom. The van der Waals surface area contributed by atoms with Crippen LogP contribution in [0.5, 0.6) is 0 Å². The van der Waals surface area contributed by atoms with Gasteiger partial charge in [-0.3, -0.25) is 4.79 Å². The van der Waals surface area contributed by atoms with E-state index in [1.54, 1.807) is 6.07 Å². The Balaban J connectivity index is 2.05. The highest BCUT2D eigenvalue weighted by atomic mass is 35.5. The number of carbonyl (C=O) groups is 1. The highest BCUT2D eigenvalue weighted by Crippen LogP contribution is 2.32. The van der Waals surface area contributed by atoms with Crippen molar-refractivity contribution in [3.05, 3.63) is 34.6 Å². The highest BCUT2D eigenvalue weighted by molar-refractivity contribution is 6.30. The SMILES string of the molecule is CC1CCC(C(=O)Cc2cc(Cl)ccc2F)C1. The molecule has 0 aliphatic heterocycles. The standard InChI is InChI=1S/C14H16ClFO/c1-9-2-3-10(6-9)14(17)8-11-7-12(15)4-5-13(11)16/h4-5,7,9-10H,2-3,6,8H2,1H3. The number of Topliss-reactive ketones (excluding diaryl/α,β-unsaturated/α-hetero) is 1. The van der Waals surface area contributed by atoms with E-state index in [9.17, 15) is 9.18 Å². The van der Waals surface area contributed by atoms with Crippen LogP contribution in [0.2, 0.25) is 5.02 Å². The van der Waals surface area contributed by atoms with Gasteiger partial charge in [0.1, 0.15) is 11.6 Å². The van der Waals surface area contributed by atoms with E-state index < -0.39 is 0 Å². The van der Waals surface area contributed by atoms with Gasteiger partial charge in [-0.15, -0.1) is 0 Å². The summed E-state index contributed by atoms with van der Waals surface area (Å²) in [5, 5.41) is 0.481. The van der Waals surface area contributed by atoms with Crippen molar-refractivity contribution in [3.8, 4) is 0 Å². The molecular weight excluding hydrogens is 239 g/mol. The number of rotatable bonds is 3. The molecule has 0 radical (unpaired) electrons. The van der Waals surface area contributed by atoms with Crippen LogP contribution in [-0.4, -0.2) is 5.78 Å². The van der Waals surface area contributed by atoms with Crippen LogP contribution in [0.1, 0.15) is 31.7 Å². The van der Waals surface area contributed by atoms with Crippen LogP contribution in [0, 0.1) is 17.7 Å². The number of hydrogen-bond acceptors (Lipinski definition) is 1. The first-order valence-electron chi connectivity index (χ1n) is 6.03. The second-order valence-corrected chi connectivity index (χ2v) is 5.43. The van der Waals surface area contributed by atoms with Gasteiger partial charge in [-0.05, 0) is 48.9 Å². The van der Waals surface area contributed by atoms with Crippen LogP contribution in [0.3, 0.4) is 0 Å². The fourth-order valence-corrected chi connectivity index (χ4v) is 2.71. The zero-order chi connectivity index (χ0) is 12.4. The van der Waals surface area contributed by atoms with E-state index in [1.807, 2.05) is 0 Å². The lowest BCUT2D eigenvalue weighted by molar-refractivity contribution is -0.122. The highest BCUT2D eigenvalue weighted by Gasteiger charge is 2.27. The molecule has 92 valence electrons. The van der Waals surface area contributed by atoms with Crippen LogP contribution in [-0.2, 0) is 11.2 Å². The molecule has 0 aromatic heterocycles. The molecule has 0 N–H and O–H groups in total. The summed E-state index contributed by atoms with van der Waals surface area (Å²) in [7, 11) is 0. The van der Waals surface area contributed by atoms with Gasteiger partial charge >= 0.3 is 0 Å². The van der Waals surface area contributed by atoms with Crippen molar-refractivity contribution in [3.63, 3.8) is 0 Å². The Morgan fingerprint density at radius 3 is 2.88 bits per heavy atom. The van der Waals surface area contributed by atoms with Gasteiger partial charge in [0.2, 0.25) is 0 Å². The average molecular weight is 255 g/mol. The van der Waals surface area contributed by atoms with E-state index in [4.69, 9.17) is 11.6 Å². The summed E-state index contributed by atoms with van der Waals surface area (Å²) in [6.07, 6.45) is 3.17. The summed E-state index contributed by atoms with van der Waals surface area (Å²) in [6, 6.07) is 4.37. The van der Waals surface area contributed by atoms with Gasteiger partial charge in [-0.1, -0.05) is 18.5 Å². The Bertz CT molecular complexity index is 430. The lowest BCUT2D eigenvalue weighted by Gasteiger charge is -2.09. The van der Waals surface area contributed by atoms with Crippen molar-refractivity contribution >= 4 is 17.4 Å². The Morgan fingerprint density at radius 2 is 2.24 bits per heavy atom. The smallest absolute Gasteiger partial charge is 0.140 e. The fourth-order valence-electron chi connectivity index (χ4n) is 2.51. The summed E-state index contributed by atoms with van der Waals surface area (Å²) in [6.45, 7) is 2.16. The second kappa shape index (κ2) is 5.18. The van der Waals surface area contributed by atoms with Crippen molar-refractivity contribution in [2.24, 2.45) is 11.8 Å². The van der Waals surface area contributed by atoms with E-state index in [1.165, 1.54) is 12.1 Å². The lowest BCUT2D eigenvalue weighted by Crippen LogP contribution is -2.14. The zero-order valence-corrected chi connectivity index (χ0v) is 10.6. The van der Waals surface area contributed by atoms with E-state index >= 15 is 0 Å². The maximum atomic E-state index is 13.5. The quantitative estimate of drug-likeness (QED) is 0.796. The second-order valence-electron chi connectivity index (χ2n) is 4.99. The Hall–Kier alpha value is -0.890. The van der Waals surface area contributed by atoms with Gasteiger partial charge < -0.3 is 0 Å². The van der Waals surface area contributed by atoms with Gasteiger partial charge in [0, 0.05) is 17.4 Å². The summed E-state index contributed by atoms with van der Waals surface area (Å²) >= 11 is 5.81. The average Bonchev–Trinajstić information content (AvgIpc) is 2.70. The predicted molar refractivity (Wildman–Crippen MR) is 66.6 cm³/mol. The van der Waals surface area contributed by atoms with Crippen LogP contribution in [0.15, 0.2) is 18.2 Å². The van der Waals surface area contributed by atoms with E-state index in [0.717, 1.165) is 19.3 Å². The van der Waals surface area contributed by atoms with Crippen molar-refractivity contribution in [2.45, 2.75) is 32.6 Å². The van der Waals surface area contributed by atoms with Crippen LogP contribution in [0.25, 0.3) is 0 Å². The molecule has 1 fully saturated rings. The molecule has 0 amide bonds. The molecule has 0 spiro atoms. The zero-order valence-electron chi connectivity index (χ0n) is 9.88. The van der Waals surface area contributed by atoms with Crippen molar-refractivity contribution in [1.82, 2.24) is 0 Å². The molecule has 2 atom stereocenters. The third-order valence-electron chi connectivity index (χ3n) is 3.52. The van der Waals surface area contributed by atoms with Gasteiger partial charge in [0.15, 0.2) is 0 Å². The molecule has 2 unspecified atom stereocenters. The predicted octanol–water partition coefficient (Wildman–Crippen LogP) is 4.03. The molecule has 1 aliphatic rings. The molecule has 3 heteroatoms. The first kappa shape index (κ1) is 12.6. The minimum Gasteiger partial charge on any atom is -0.299 e. The molecule has 1 nitrogen and oxygen atoms in total. The number of benzene rings is 1. The summed E-state index contributed by atoms with van der Waals surface area (Å²) in [5.74, 6) is 0.542. The first-order chi connectivity index (χ1) is 8.06. The summed E-state index contributed by atoms with van der Waals surface area (Å²) in [5.41, 5.74) is 0.419. The van der Waals surface area contributed by atoms with Crippen LogP contribution < -0.4 is 0 Å². The number of carbonyl (C=O) groups excluding carboxylic acids is 1.